The molecule has 0 radical (unpaired) electrons. The molecule has 0 bridgehead atoms. The predicted molar refractivity (Wildman–Crippen MR) is 78.3 cm³/mol. The highest BCUT2D eigenvalue weighted by atomic mass is 19.4. The highest BCUT2D eigenvalue weighted by Crippen LogP contribution is 2.40. The van der Waals surface area contributed by atoms with Crippen molar-refractivity contribution in [1.29, 1.82) is 0 Å². The summed E-state index contributed by atoms with van der Waals surface area (Å²) in [5, 5.41) is 13.5. The Morgan fingerprint density at radius 2 is 2.04 bits per heavy atom. The van der Waals surface area contributed by atoms with E-state index >= 15 is 0 Å². The number of carbonyl (C=O) groups is 2. The SMILES string of the molecule is COC(=O)C1=C(C)NC(=O)CC1c1ccc(C(F)(F)F)c([N+](=O)[O-])c1. The van der Waals surface area contributed by atoms with E-state index in [1.54, 1.807) is 0 Å². The minimum Gasteiger partial charge on any atom is -0.466 e. The summed E-state index contributed by atoms with van der Waals surface area (Å²) < 4.78 is 43.4. The van der Waals surface area contributed by atoms with Gasteiger partial charge in [-0.05, 0) is 18.6 Å². The Bertz CT molecular complexity index is 786. The van der Waals surface area contributed by atoms with Crippen LogP contribution in [0, 0.1) is 10.1 Å². The van der Waals surface area contributed by atoms with E-state index in [0.717, 1.165) is 19.2 Å². The molecule has 10 heteroatoms. The Labute approximate surface area is 139 Å². The minimum atomic E-state index is -4.90. The van der Waals surface area contributed by atoms with Crippen LogP contribution in [-0.2, 0) is 20.5 Å². The van der Waals surface area contributed by atoms with Crippen LogP contribution in [0.2, 0.25) is 0 Å². The van der Waals surface area contributed by atoms with Crippen molar-refractivity contribution >= 4 is 17.6 Å². The summed E-state index contributed by atoms with van der Waals surface area (Å²) in [5.74, 6) is -2.18. The molecule has 0 aromatic heterocycles. The van der Waals surface area contributed by atoms with Crippen molar-refractivity contribution in [2.24, 2.45) is 0 Å². The number of nitrogens with zero attached hydrogens (tertiary/aromatic N) is 1. The first-order valence-corrected chi connectivity index (χ1v) is 7.00. The number of carbonyl (C=O) groups excluding carboxylic acids is 2. The van der Waals surface area contributed by atoms with Crippen molar-refractivity contribution in [3.63, 3.8) is 0 Å². The molecule has 1 heterocycles. The van der Waals surface area contributed by atoms with E-state index in [1.807, 2.05) is 0 Å². The fraction of sp³-hybridized carbons (Fsp3) is 0.333. The number of rotatable bonds is 3. The second-order valence-electron chi connectivity index (χ2n) is 5.37. The molecule has 1 aliphatic rings. The number of amides is 1. The topological polar surface area (TPSA) is 98.5 Å². The standard InChI is InChI=1S/C15H13F3N2O5/c1-7-13(14(22)25-2)9(6-12(21)19-7)8-3-4-10(15(16,17)18)11(5-8)20(23)24/h3-5,9H,6H2,1-2H3,(H,19,21). The molecule has 0 aliphatic carbocycles. The van der Waals surface area contributed by atoms with Gasteiger partial charge >= 0.3 is 12.1 Å². The number of ether oxygens (including phenoxy) is 1. The Morgan fingerprint density at radius 3 is 2.56 bits per heavy atom. The molecular weight excluding hydrogens is 345 g/mol. The Morgan fingerprint density at radius 1 is 1.40 bits per heavy atom. The normalized spacial score (nSPS) is 18.0. The van der Waals surface area contributed by atoms with Crippen LogP contribution in [0.3, 0.4) is 0 Å². The van der Waals surface area contributed by atoms with Crippen molar-refractivity contribution in [1.82, 2.24) is 5.32 Å². The maximum atomic E-state index is 12.9. The molecule has 1 amide bonds. The summed E-state index contributed by atoms with van der Waals surface area (Å²) in [7, 11) is 1.12. The van der Waals surface area contributed by atoms with Crippen LogP contribution in [0.4, 0.5) is 18.9 Å². The van der Waals surface area contributed by atoms with E-state index in [4.69, 9.17) is 0 Å². The van der Waals surface area contributed by atoms with Crippen LogP contribution in [0.1, 0.15) is 30.4 Å². The predicted octanol–water partition coefficient (Wildman–Crippen LogP) is 2.66. The molecule has 0 spiro atoms. The van der Waals surface area contributed by atoms with Gasteiger partial charge in [0.2, 0.25) is 5.91 Å². The summed E-state index contributed by atoms with van der Waals surface area (Å²) >= 11 is 0. The molecule has 7 nitrogen and oxygen atoms in total. The monoisotopic (exact) mass is 358 g/mol. The molecule has 134 valence electrons. The number of hydrogen-bond acceptors (Lipinski definition) is 5. The zero-order chi connectivity index (χ0) is 18.9. The van der Waals surface area contributed by atoms with E-state index in [1.165, 1.54) is 6.92 Å². The molecule has 1 atom stereocenters. The van der Waals surface area contributed by atoms with E-state index in [0.29, 0.717) is 6.07 Å². The largest absolute Gasteiger partial charge is 0.466 e. The summed E-state index contributed by atoms with van der Waals surface area (Å²) in [6, 6.07) is 2.34. The first-order valence-electron chi connectivity index (χ1n) is 7.00. The van der Waals surface area contributed by atoms with Gasteiger partial charge in [0.1, 0.15) is 5.56 Å². The molecule has 1 aromatic rings. The number of esters is 1. The summed E-state index contributed by atoms with van der Waals surface area (Å²) in [6.07, 6.45) is -5.15. The maximum absolute atomic E-state index is 12.9. The Balaban J connectivity index is 2.61. The second kappa shape index (κ2) is 6.54. The van der Waals surface area contributed by atoms with Gasteiger partial charge in [-0.15, -0.1) is 0 Å². The average molecular weight is 358 g/mol. The van der Waals surface area contributed by atoms with E-state index < -0.39 is 40.1 Å². The van der Waals surface area contributed by atoms with Crippen molar-refractivity contribution < 1.29 is 32.4 Å². The zero-order valence-electron chi connectivity index (χ0n) is 13.1. The quantitative estimate of drug-likeness (QED) is 0.509. The molecule has 0 saturated carbocycles. The van der Waals surface area contributed by atoms with Crippen LogP contribution in [0.15, 0.2) is 29.5 Å². The van der Waals surface area contributed by atoms with Gasteiger partial charge in [-0.2, -0.15) is 13.2 Å². The summed E-state index contributed by atoms with van der Waals surface area (Å²) in [4.78, 5) is 33.6. The molecule has 25 heavy (non-hydrogen) atoms. The average Bonchev–Trinajstić information content (AvgIpc) is 2.52. The van der Waals surface area contributed by atoms with Gasteiger partial charge in [-0.25, -0.2) is 4.79 Å². The van der Waals surface area contributed by atoms with E-state index in [9.17, 15) is 32.9 Å². The van der Waals surface area contributed by atoms with Crippen molar-refractivity contribution in [2.45, 2.75) is 25.4 Å². The molecule has 0 saturated heterocycles. The number of hydrogen-bond donors (Lipinski definition) is 1. The number of nitrogens with one attached hydrogen (secondary N) is 1. The number of halogens is 3. The van der Waals surface area contributed by atoms with Gasteiger partial charge in [0, 0.05) is 24.1 Å². The number of nitro groups is 1. The lowest BCUT2D eigenvalue weighted by Gasteiger charge is -2.26. The fourth-order valence-electron chi connectivity index (χ4n) is 2.72. The summed E-state index contributed by atoms with van der Waals surface area (Å²) in [6.45, 7) is 1.44. The number of nitro benzene ring substituents is 1. The maximum Gasteiger partial charge on any atom is 0.422 e. The summed E-state index contributed by atoms with van der Waals surface area (Å²) in [5.41, 5.74) is -2.26. The molecule has 1 aliphatic heterocycles. The molecular formula is C15H13F3N2O5. The van der Waals surface area contributed by atoms with Gasteiger partial charge < -0.3 is 10.1 Å². The van der Waals surface area contributed by atoms with Gasteiger partial charge in [0.15, 0.2) is 0 Å². The molecule has 1 unspecified atom stereocenters. The lowest BCUT2D eigenvalue weighted by atomic mass is 9.84. The van der Waals surface area contributed by atoms with Crippen LogP contribution in [0.5, 0.6) is 0 Å². The number of allylic oxidation sites excluding steroid dienone is 1. The van der Waals surface area contributed by atoms with Crippen LogP contribution < -0.4 is 5.32 Å². The molecule has 1 aromatic carbocycles. The molecule has 1 N–H and O–H groups in total. The van der Waals surface area contributed by atoms with Crippen LogP contribution in [0.25, 0.3) is 0 Å². The van der Waals surface area contributed by atoms with Crippen LogP contribution >= 0.6 is 0 Å². The number of methoxy groups -OCH3 is 1. The zero-order valence-corrected chi connectivity index (χ0v) is 13.1. The number of alkyl halides is 3. The third-order valence-electron chi connectivity index (χ3n) is 3.80. The Kier molecular flexibility index (Phi) is 4.82. The van der Waals surface area contributed by atoms with Gasteiger partial charge in [0.05, 0.1) is 17.6 Å². The highest BCUT2D eigenvalue weighted by molar-refractivity contribution is 5.95. The fourth-order valence-corrected chi connectivity index (χ4v) is 2.72. The van der Waals surface area contributed by atoms with Crippen molar-refractivity contribution in [2.75, 3.05) is 7.11 Å². The van der Waals surface area contributed by atoms with Crippen LogP contribution in [-0.4, -0.2) is 23.9 Å². The molecule has 2 rings (SSSR count). The lowest BCUT2D eigenvalue weighted by Crippen LogP contribution is -2.34. The molecule has 0 fully saturated rings. The smallest absolute Gasteiger partial charge is 0.422 e. The third-order valence-corrected chi connectivity index (χ3v) is 3.80. The number of benzene rings is 1. The Hall–Kier alpha value is -2.91. The van der Waals surface area contributed by atoms with Gasteiger partial charge in [-0.1, -0.05) is 6.07 Å². The van der Waals surface area contributed by atoms with E-state index in [-0.39, 0.29) is 23.3 Å². The second-order valence-corrected chi connectivity index (χ2v) is 5.37. The van der Waals surface area contributed by atoms with Gasteiger partial charge in [0.25, 0.3) is 5.69 Å². The van der Waals surface area contributed by atoms with Crippen molar-refractivity contribution in [3.05, 3.63) is 50.7 Å². The first-order chi connectivity index (χ1) is 11.6. The lowest BCUT2D eigenvalue weighted by molar-refractivity contribution is -0.388. The minimum absolute atomic E-state index is 0.0381. The highest BCUT2D eigenvalue weighted by Gasteiger charge is 2.40. The van der Waals surface area contributed by atoms with E-state index in [2.05, 4.69) is 10.1 Å². The van der Waals surface area contributed by atoms with Gasteiger partial charge in [-0.3, -0.25) is 14.9 Å². The third kappa shape index (κ3) is 3.62. The first kappa shape index (κ1) is 18.4. The van der Waals surface area contributed by atoms with Crippen molar-refractivity contribution in [3.8, 4) is 0 Å².